The van der Waals surface area contributed by atoms with Crippen LogP contribution in [0.15, 0.2) is 23.8 Å². The van der Waals surface area contributed by atoms with Crippen molar-refractivity contribution in [3.05, 3.63) is 23.8 Å². The second-order valence-corrected chi connectivity index (χ2v) is 4.07. The van der Waals surface area contributed by atoms with Gasteiger partial charge in [0.05, 0.1) is 6.54 Å². The lowest BCUT2D eigenvalue weighted by atomic mass is 10.4. The van der Waals surface area contributed by atoms with E-state index in [0.717, 1.165) is 12.4 Å². The molecule has 0 N–H and O–H groups in total. The van der Waals surface area contributed by atoms with Crippen LogP contribution in [0, 0.1) is 0 Å². The minimum atomic E-state index is -0.199. The lowest BCUT2D eigenvalue weighted by Crippen LogP contribution is -2.27. The molecule has 0 aliphatic carbocycles. The number of ether oxygens (including phenoxy) is 2. The Hall–Kier alpha value is -1.56. The Morgan fingerprint density at radius 1 is 1.47 bits per heavy atom. The van der Waals surface area contributed by atoms with Gasteiger partial charge in [0.1, 0.15) is 6.61 Å². The largest absolute Gasteiger partial charge is 0.477 e. The Morgan fingerprint density at radius 3 is 2.76 bits per heavy atom. The first-order valence-corrected chi connectivity index (χ1v) is 5.84. The van der Waals surface area contributed by atoms with E-state index in [-0.39, 0.29) is 16.8 Å². The van der Waals surface area contributed by atoms with Crippen molar-refractivity contribution in [1.29, 1.82) is 0 Å². The summed E-state index contributed by atoms with van der Waals surface area (Å²) in [4.78, 5) is 15.2. The molecule has 1 amide bonds. The van der Waals surface area contributed by atoms with E-state index in [2.05, 4.69) is 0 Å². The van der Waals surface area contributed by atoms with E-state index in [1.54, 1.807) is 12.2 Å². The molecule has 0 atom stereocenters. The summed E-state index contributed by atoms with van der Waals surface area (Å²) in [5, 5.41) is 0.211. The lowest BCUT2D eigenvalue weighted by molar-refractivity contribution is -0.122. The van der Waals surface area contributed by atoms with E-state index >= 15 is 0 Å². The molecule has 0 unspecified atom stereocenters. The Bertz CT molecular complexity index is 417. The first-order valence-electron chi connectivity index (χ1n) is 5.43. The van der Waals surface area contributed by atoms with Crippen LogP contribution in [0.3, 0.4) is 0 Å². The number of carbonyl (C=O) groups excluding carboxylic acids is 1. The van der Waals surface area contributed by atoms with Crippen molar-refractivity contribution in [3.63, 3.8) is 0 Å². The van der Waals surface area contributed by atoms with Crippen LogP contribution in [0.4, 0.5) is 0 Å². The van der Waals surface area contributed by atoms with E-state index in [9.17, 15) is 4.79 Å². The molecule has 0 aromatic carbocycles. The summed E-state index contributed by atoms with van der Waals surface area (Å²) in [5.74, 6) is 0.776. The van der Waals surface area contributed by atoms with Gasteiger partial charge in [-0.15, -0.1) is 0 Å². The SMILES string of the molecule is CCN1C(=O)/C(=C\C=C2/OCCN2C)OC1=S. The van der Waals surface area contributed by atoms with Crippen LogP contribution in [0.1, 0.15) is 6.92 Å². The molecule has 2 fully saturated rings. The van der Waals surface area contributed by atoms with Crippen molar-refractivity contribution in [2.75, 3.05) is 26.7 Å². The van der Waals surface area contributed by atoms with Gasteiger partial charge < -0.3 is 14.4 Å². The Labute approximate surface area is 105 Å². The molecule has 5 nitrogen and oxygen atoms in total. The molecule has 2 aliphatic rings. The number of hydrogen-bond acceptors (Lipinski definition) is 5. The van der Waals surface area contributed by atoms with Crippen LogP contribution in [-0.2, 0) is 14.3 Å². The molecule has 0 saturated carbocycles. The highest BCUT2D eigenvalue weighted by molar-refractivity contribution is 7.80. The minimum absolute atomic E-state index is 0.199. The van der Waals surface area contributed by atoms with Crippen molar-refractivity contribution in [3.8, 4) is 0 Å². The smallest absolute Gasteiger partial charge is 0.297 e. The molecule has 0 spiro atoms. The van der Waals surface area contributed by atoms with Crippen LogP contribution >= 0.6 is 12.2 Å². The van der Waals surface area contributed by atoms with Crippen molar-refractivity contribution in [2.45, 2.75) is 6.92 Å². The maximum absolute atomic E-state index is 11.8. The quantitative estimate of drug-likeness (QED) is 0.539. The highest BCUT2D eigenvalue weighted by Gasteiger charge is 2.31. The molecule has 92 valence electrons. The number of hydrogen-bond donors (Lipinski definition) is 0. The number of thiocarbonyl (C=S) groups is 1. The van der Waals surface area contributed by atoms with Crippen molar-refractivity contribution in [2.24, 2.45) is 0 Å². The van der Waals surface area contributed by atoms with Crippen molar-refractivity contribution in [1.82, 2.24) is 9.80 Å². The van der Waals surface area contributed by atoms with Crippen molar-refractivity contribution >= 4 is 23.3 Å². The fourth-order valence-corrected chi connectivity index (χ4v) is 1.92. The number of rotatable bonds is 2. The van der Waals surface area contributed by atoms with Gasteiger partial charge in [-0.1, -0.05) is 0 Å². The van der Waals surface area contributed by atoms with Crippen molar-refractivity contribution < 1.29 is 14.3 Å². The third-order valence-electron chi connectivity index (χ3n) is 2.62. The summed E-state index contributed by atoms with van der Waals surface area (Å²) in [6.45, 7) is 3.88. The summed E-state index contributed by atoms with van der Waals surface area (Å²) in [6, 6.07) is 0. The molecule has 17 heavy (non-hydrogen) atoms. The van der Waals surface area contributed by atoms with E-state index in [1.165, 1.54) is 4.90 Å². The van der Waals surface area contributed by atoms with Gasteiger partial charge in [0.2, 0.25) is 0 Å². The predicted molar refractivity (Wildman–Crippen MR) is 65.8 cm³/mol. The number of carbonyl (C=O) groups is 1. The normalized spacial score (nSPS) is 24.8. The van der Waals surface area contributed by atoms with Gasteiger partial charge in [-0.25, -0.2) is 0 Å². The number of amides is 1. The molecule has 2 aliphatic heterocycles. The highest BCUT2D eigenvalue weighted by atomic mass is 32.1. The van der Waals surface area contributed by atoms with E-state index in [1.807, 2.05) is 18.9 Å². The Morgan fingerprint density at radius 2 is 2.24 bits per heavy atom. The molecular weight excluding hydrogens is 240 g/mol. The average molecular weight is 254 g/mol. The predicted octanol–water partition coefficient (Wildman–Crippen LogP) is 0.837. The van der Waals surface area contributed by atoms with Crippen LogP contribution < -0.4 is 0 Å². The van der Waals surface area contributed by atoms with E-state index in [0.29, 0.717) is 13.2 Å². The first kappa shape index (κ1) is 11.9. The van der Waals surface area contributed by atoms with Gasteiger partial charge in [-0.3, -0.25) is 9.69 Å². The maximum atomic E-state index is 11.8. The van der Waals surface area contributed by atoms with Gasteiger partial charge in [0.25, 0.3) is 11.1 Å². The van der Waals surface area contributed by atoms with Crippen LogP contribution in [-0.4, -0.2) is 47.6 Å². The molecule has 2 rings (SSSR count). The second-order valence-electron chi connectivity index (χ2n) is 3.72. The molecule has 0 aromatic heterocycles. The molecule has 2 saturated heterocycles. The number of likely N-dealkylation sites (N-methyl/N-ethyl adjacent to an activating group) is 2. The zero-order chi connectivity index (χ0) is 12.4. The highest BCUT2D eigenvalue weighted by Crippen LogP contribution is 2.18. The zero-order valence-corrected chi connectivity index (χ0v) is 10.6. The number of nitrogens with zero attached hydrogens (tertiary/aromatic N) is 2. The first-order chi connectivity index (χ1) is 8.13. The van der Waals surface area contributed by atoms with Gasteiger partial charge in [0.15, 0.2) is 11.6 Å². The third-order valence-corrected chi connectivity index (χ3v) is 2.92. The molecule has 0 bridgehead atoms. The summed E-state index contributed by atoms with van der Waals surface area (Å²) in [6.07, 6.45) is 3.32. The summed E-state index contributed by atoms with van der Waals surface area (Å²) < 4.78 is 10.6. The average Bonchev–Trinajstić information content (AvgIpc) is 2.81. The van der Waals surface area contributed by atoms with Crippen LogP contribution in [0.2, 0.25) is 0 Å². The van der Waals surface area contributed by atoms with E-state index < -0.39 is 0 Å². The fraction of sp³-hybridized carbons (Fsp3) is 0.455. The van der Waals surface area contributed by atoms with Gasteiger partial charge in [-0.2, -0.15) is 0 Å². The second kappa shape index (κ2) is 4.75. The fourth-order valence-electron chi connectivity index (χ4n) is 1.62. The summed E-state index contributed by atoms with van der Waals surface area (Å²) in [5.41, 5.74) is 0. The number of allylic oxidation sites excluding steroid dienone is 2. The topological polar surface area (TPSA) is 42.0 Å². The monoisotopic (exact) mass is 254 g/mol. The molecule has 6 heteroatoms. The third kappa shape index (κ3) is 2.26. The van der Waals surface area contributed by atoms with E-state index in [4.69, 9.17) is 21.7 Å². The Kier molecular flexibility index (Phi) is 3.33. The van der Waals surface area contributed by atoms with Crippen LogP contribution in [0.5, 0.6) is 0 Å². The zero-order valence-electron chi connectivity index (χ0n) is 9.80. The van der Waals surface area contributed by atoms with Gasteiger partial charge in [0, 0.05) is 19.7 Å². The molecule has 2 heterocycles. The van der Waals surface area contributed by atoms with Crippen LogP contribution in [0.25, 0.3) is 0 Å². The van der Waals surface area contributed by atoms with Gasteiger partial charge >= 0.3 is 0 Å². The Balaban J connectivity index is 2.13. The summed E-state index contributed by atoms with van der Waals surface area (Å²) in [7, 11) is 1.93. The lowest BCUT2D eigenvalue weighted by Gasteiger charge is -2.07. The maximum Gasteiger partial charge on any atom is 0.297 e. The molecule has 0 aromatic rings. The summed E-state index contributed by atoms with van der Waals surface area (Å²) >= 11 is 4.95. The van der Waals surface area contributed by atoms with Gasteiger partial charge in [-0.05, 0) is 25.2 Å². The molecule has 0 radical (unpaired) electrons. The standard InChI is InChI=1S/C11H14N2O3S/c1-3-13-10(14)8(16-11(13)17)4-5-9-12(2)6-7-15-9/h4-5H,3,6-7H2,1-2H3/b8-4+,9-5-. The molecular formula is C11H14N2O3S. The minimum Gasteiger partial charge on any atom is -0.477 e.